The van der Waals surface area contributed by atoms with Crippen molar-refractivity contribution in [1.29, 1.82) is 0 Å². The van der Waals surface area contributed by atoms with E-state index >= 15 is 0 Å². The van der Waals surface area contributed by atoms with Gasteiger partial charge in [-0.15, -0.1) is 0 Å². The number of aromatic nitrogens is 4. The van der Waals surface area contributed by atoms with Gasteiger partial charge >= 0.3 is 0 Å². The number of carbonyl (C=O) groups excluding carboxylic acids is 1. The lowest BCUT2D eigenvalue weighted by Crippen LogP contribution is -2.27. The summed E-state index contributed by atoms with van der Waals surface area (Å²) >= 11 is 0. The van der Waals surface area contributed by atoms with Crippen molar-refractivity contribution in [3.05, 3.63) is 48.2 Å². The Bertz CT molecular complexity index is 881. The summed E-state index contributed by atoms with van der Waals surface area (Å²) in [4.78, 5) is 20.5. The Kier molecular flexibility index (Phi) is 5.69. The van der Waals surface area contributed by atoms with E-state index in [0.717, 1.165) is 5.39 Å². The van der Waals surface area contributed by atoms with Crippen LogP contribution in [0.4, 0.5) is 10.2 Å². The van der Waals surface area contributed by atoms with Gasteiger partial charge in [0.25, 0.3) is 5.91 Å². The highest BCUT2D eigenvalue weighted by molar-refractivity contribution is 5.94. The molecule has 26 heavy (non-hydrogen) atoms. The topological polar surface area (TPSA) is 94.0 Å². The molecule has 0 radical (unpaired) electrons. The molecule has 0 unspecified atom stereocenters. The van der Waals surface area contributed by atoms with Crippen LogP contribution in [0, 0.1) is 5.82 Å². The van der Waals surface area contributed by atoms with Gasteiger partial charge in [-0.1, -0.05) is 0 Å². The molecule has 0 aliphatic rings. The smallest absolute Gasteiger partial charge is 0.251 e. The number of amides is 1. The van der Waals surface area contributed by atoms with Crippen LogP contribution in [0.15, 0.2) is 36.8 Å². The largest absolute Gasteiger partial charge is 0.383 e. The van der Waals surface area contributed by atoms with Crippen LogP contribution in [0.5, 0.6) is 0 Å². The summed E-state index contributed by atoms with van der Waals surface area (Å²) in [6.07, 6.45) is 3.15. The summed E-state index contributed by atoms with van der Waals surface area (Å²) in [7, 11) is 1.63. The Balaban J connectivity index is 1.61. The fourth-order valence-corrected chi connectivity index (χ4v) is 2.45. The number of nitrogens with one attached hydrogen (secondary N) is 2. The number of nitrogens with zero attached hydrogens (tertiary/aromatic N) is 4. The Morgan fingerprint density at radius 3 is 2.81 bits per heavy atom. The van der Waals surface area contributed by atoms with Gasteiger partial charge in [-0.25, -0.2) is 19.0 Å². The molecule has 0 fully saturated rings. The third kappa shape index (κ3) is 4.12. The summed E-state index contributed by atoms with van der Waals surface area (Å²) < 4.78 is 19.6. The van der Waals surface area contributed by atoms with Crippen LogP contribution in [0.2, 0.25) is 0 Å². The van der Waals surface area contributed by atoms with E-state index in [1.165, 1.54) is 30.6 Å². The van der Waals surface area contributed by atoms with E-state index in [2.05, 4.69) is 25.7 Å². The molecule has 2 aromatic heterocycles. The van der Waals surface area contributed by atoms with Crippen molar-refractivity contribution in [1.82, 2.24) is 25.1 Å². The molecular formula is C17H19FN6O2. The molecule has 1 amide bonds. The van der Waals surface area contributed by atoms with Crippen molar-refractivity contribution in [2.45, 2.75) is 6.54 Å². The van der Waals surface area contributed by atoms with E-state index in [4.69, 9.17) is 4.74 Å². The van der Waals surface area contributed by atoms with Gasteiger partial charge in [0.15, 0.2) is 5.65 Å². The highest BCUT2D eigenvalue weighted by Gasteiger charge is 2.10. The number of halogens is 1. The Morgan fingerprint density at radius 2 is 2.04 bits per heavy atom. The second kappa shape index (κ2) is 8.34. The van der Waals surface area contributed by atoms with Crippen molar-refractivity contribution in [3.63, 3.8) is 0 Å². The highest BCUT2D eigenvalue weighted by Crippen LogP contribution is 2.18. The van der Waals surface area contributed by atoms with Gasteiger partial charge in [0.1, 0.15) is 18.0 Å². The number of hydrogen-bond acceptors (Lipinski definition) is 6. The second-order valence-electron chi connectivity index (χ2n) is 5.51. The standard InChI is InChI=1S/C17H19FN6O2/c1-26-9-7-19-15-14-10-23-24(16(14)22-11-21-15)8-6-20-17(25)12-2-4-13(18)5-3-12/h2-5,10-11H,6-9H2,1H3,(H,20,25)(H,19,21,22). The first kappa shape index (κ1) is 17.7. The summed E-state index contributed by atoms with van der Waals surface area (Å²) in [5.41, 5.74) is 1.08. The number of hydrogen-bond donors (Lipinski definition) is 2. The van der Waals surface area contributed by atoms with E-state index in [9.17, 15) is 9.18 Å². The number of rotatable bonds is 8. The van der Waals surface area contributed by atoms with Crippen LogP contribution in [0.25, 0.3) is 11.0 Å². The summed E-state index contributed by atoms with van der Waals surface area (Å²) in [6.45, 7) is 2.00. The monoisotopic (exact) mass is 358 g/mol. The normalized spacial score (nSPS) is 10.8. The number of methoxy groups -OCH3 is 1. The first-order valence-corrected chi connectivity index (χ1v) is 8.12. The Hall–Kier alpha value is -3.07. The average molecular weight is 358 g/mol. The number of anilines is 1. The number of ether oxygens (including phenoxy) is 1. The molecule has 0 aliphatic carbocycles. The fourth-order valence-electron chi connectivity index (χ4n) is 2.45. The summed E-state index contributed by atoms with van der Waals surface area (Å²) in [5, 5.41) is 11.1. The minimum Gasteiger partial charge on any atom is -0.383 e. The number of fused-ring (bicyclic) bond motifs is 1. The Morgan fingerprint density at radius 1 is 1.23 bits per heavy atom. The lowest BCUT2D eigenvalue weighted by molar-refractivity contribution is 0.0952. The molecule has 3 rings (SSSR count). The maximum Gasteiger partial charge on any atom is 0.251 e. The lowest BCUT2D eigenvalue weighted by Gasteiger charge is -2.07. The van der Waals surface area contributed by atoms with E-state index in [0.29, 0.717) is 43.3 Å². The van der Waals surface area contributed by atoms with E-state index in [1.54, 1.807) is 18.0 Å². The van der Waals surface area contributed by atoms with E-state index in [1.807, 2.05) is 0 Å². The molecule has 0 spiro atoms. The van der Waals surface area contributed by atoms with Crippen molar-refractivity contribution in [2.24, 2.45) is 0 Å². The molecule has 9 heteroatoms. The quantitative estimate of drug-likeness (QED) is 0.592. The maximum atomic E-state index is 12.9. The molecule has 2 heterocycles. The molecule has 0 saturated carbocycles. The Labute approximate surface area is 149 Å². The minimum atomic E-state index is -0.376. The predicted molar refractivity (Wildman–Crippen MR) is 94.4 cm³/mol. The first-order valence-electron chi connectivity index (χ1n) is 8.12. The molecule has 0 atom stereocenters. The molecule has 8 nitrogen and oxygen atoms in total. The van der Waals surface area contributed by atoms with Crippen LogP contribution in [0.3, 0.4) is 0 Å². The van der Waals surface area contributed by atoms with Crippen LogP contribution in [-0.4, -0.2) is 52.5 Å². The van der Waals surface area contributed by atoms with Crippen molar-refractivity contribution >= 4 is 22.8 Å². The zero-order chi connectivity index (χ0) is 18.4. The van der Waals surface area contributed by atoms with E-state index in [-0.39, 0.29) is 11.7 Å². The van der Waals surface area contributed by atoms with Gasteiger partial charge < -0.3 is 15.4 Å². The van der Waals surface area contributed by atoms with Crippen molar-refractivity contribution in [2.75, 3.05) is 32.1 Å². The molecule has 136 valence electrons. The number of carbonyl (C=O) groups is 1. The first-order chi connectivity index (χ1) is 12.7. The maximum absolute atomic E-state index is 12.9. The van der Waals surface area contributed by atoms with Crippen LogP contribution in [-0.2, 0) is 11.3 Å². The zero-order valence-corrected chi connectivity index (χ0v) is 14.3. The molecule has 0 aliphatic heterocycles. The third-order valence-electron chi connectivity index (χ3n) is 3.75. The van der Waals surface area contributed by atoms with Crippen molar-refractivity contribution in [3.8, 4) is 0 Å². The van der Waals surface area contributed by atoms with Crippen LogP contribution < -0.4 is 10.6 Å². The number of benzene rings is 1. The van der Waals surface area contributed by atoms with Crippen LogP contribution >= 0.6 is 0 Å². The van der Waals surface area contributed by atoms with Crippen molar-refractivity contribution < 1.29 is 13.9 Å². The van der Waals surface area contributed by atoms with Crippen LogP contribution in [0.1, 0.15) is 10.4 Å². The molecule has 3 aromatic rings. The minimum absolute atomic E-state index is 0.266. The van der Waals surface area contributed by atoms with Gasteiger partial charge in [0.05, 0.1) is 24.7 Å². The lowest BCUT2D eigenvalue weighted by atomic mass is 10.2. The van der Waals surface area contributed by atoms with Gasteiger partial charge in [-0.05, 0) is 24.3 Å². The molecule has 0 bridgehead atoms. The van der Waals surface area contributed by atoms with Gasteiger partial charge in [0.2, 0.25) is 0 Å². The SMILES string of the molecule is COCCNc1ncnc2c1cnn2CCNC(=O)c1ccc(F)cc1. The molecule has 2 N–H and O–H groups in total. The summed E-state index contributed by atoms with van der Waals surface area (Å²) in [6, 6.07) is 5.40. The van der Waals surface area contributed by atoms with E-state index < -0.39 is 0 Å². The summed E-state index contributed by atoms with van der Waals surface area (Å²) in [5.74, 6) is 0.0471. The fraction of sp³-hybridized carbons (Fsp3) is 0.294. The average Bonchev–Trinajstić information content (AvgIpc) is 3.06. The van der Waals surface area contributed by atoms with Gasteiger partial charge in [-0.3, -0.25) is 4.79 Å². The van der Waals surface area contributed by atoms with Gasteiger partial charge in [-0.2, -0.15) is 5.10 Å². The molecule has 1 aromatic carbocycles. The predicted octanol–water partition coefficient (Wildman–Crippen LogP) is 1.45. The zero-order valence-electron chi connectivity index (χ0n) is 14.3. The third-order valence-corrected chi connectivity index (χ3v) is 3.75. The van der Waals surface area contributed by atoms with Gasteiger partial charge in [0, 0.05) is 25.8 Å². The molecular weight excluding hydrogens is 339 g/mol. The second-order valence-corrected chi connectivity index (χ2v) is 5.51. The molecule has 0 saturated heterocycles. The highest BCUT2D eigenvalue weighted by atomic mass is 19.1.